The first-order valence-electron chi connectivity index (χ1n) is 2.72. The van der Waals surface area contributed by atoms with Gasteiger partial charge >= 0.3 is 0 Å². The zero-order valence-electron chi connectivity index (χ0n) is 7.42. The number of rotatable bonds is 0. The molecule has 0 nitrogen and oxygen atoms in total. The van der Waals surface area contributed by atoms with E-state index in [9.17, 15) is 0 Å². The summed E-state index contributed by atoms with van der Waals surface area (Å²) in [6.07, 6.45) is 4.00. The predicted octanol–water partition coefficient (Wildman–Crippen LogP) is 3.06. The predicted molar refractivity (Wildman–Crippen MR) is 41.2 cm³/mol. The fourth-order valence-corrected chi connectivity index (χ4v) is 0. The van der Waals surface area contributed by atoms with Gasteiger partial charge in [-0.15, -0.1) is 0 Å². The van der Waals surface area contributed by atoms with Gasteiger partial charge in [-0.2, -0.15) is 27.7 Å². The average Bonchev–Trinajstić information content (AvgIpc) is 1.75. The molecule has 0 atom stereocenters. The third-order valence-corrected chi connectivity index (χ3v) is 0. The van der Waals surface area contributed by atoms with Crippen LogP contribution < -0.4 is 0 Å². The van der Waals surface area contributed by atoms with E-state index in [1.807, 2.05) is 40.5 Å². The van der Waals surface area contributed by atoms with Gasteiger partial charge in [0.25, 0.3) is 0 Å². The SMILES string of the molecule is C[CH-]C.C[CH-]C.[CH-]=C.[W].[Y]. The first kappa shape index (κ1) is 30.0. The molecule has 0 amide bonds. The van der Waals surface area contributed by atoms with Gasteiger partial charge in [-0.1, -0.05) is 0 Å². The van der Waals surface area contributed by atoms with Crippen molar-refractivity contribution >= 4 is 0 Å². The molecular weight excluding hydrogens is 369 g/mol. The van der Waals surface area contributed by atoms with Crippen LogP contribution in [-0.2, 0) is 53.8 Å². The van der Waals surface area contributed by atoms with Gasteiger partial charge in [0.2, 0.25) is 0 Å². The van der Waals surface area contributed by atoms with Gasteiger partial charge in [-0.25, -0.2) is 0 Å². The molecule has 1 radical (unpaired) electrons. The maximum atomic E-state index is 4.25. The van der Waals surface area contributed by atoms with Gasteiger partial charge in [-0.3, -0.25) is 6.58 Å². The van der Waals surface area contributed by atoms with Gasteiger partial charge in [0, 0.05) is 53.8 Å². The zero-order valence-corrected chi connectivity index (χ0v) is 13.2. The second kappa shape index (κ2) is 76.7. The van der Waals surface area contributed by atoms with E-state index in [0.717, 1.165) is 0 Å². The van der Waals surface area contributed by atoms with Crippen LogP contribution in [0, 0.1) is 19.4 Å². The van der Waals surface area contributed by atoms with E-state index in [2.05, 4.69) is 13.2 Å². The van der Waals surface area contributed by atoms with Crippen LogP contribution in [0.15, 0.2) is 6.58 Å². The van der Waals surface area contributed by atoms with E-state index in [1.165, 1.54) is 0 Å². The van der Waals surface area contributed by atoms with Crippen molar-refractivity contribution in [1.29, 1.82) is 0 Å². The molecule has 10 heavy (non-hydrogen) atoms. The molecule has 0 rings (SSSR count). The van der Waals surface area contributed by atoms with E-state index >= 15 is 0 Å². The summed E-state index contributed by atoms with van der Waals surface area (Å²) in [7, 11) is 0. The smallest absolute Gasteiger partial charge is 0 e. The van der Waals surface area contributed by atoms with Crippen LogP contribution in [0.4, 0.5) is 0 Å². The van der Waals surface area contributed by atoms with E-state index in [0.29, 0.717) is 0 Å². The Bertz CT molecular complexity index is 16.7. The van der Waals surface area contributed by atoms with Crippen molar-refractivity contribution in [3.63, 3.8) is 0 Å². The van der Waals surface area contributed by atoms with Crippen LogP contribution in [0.25, 0.3) is 0 Å². The molecule has 0 aromatic rings. The molecule has 0 saturated heterocycles. The van der Waals surface area contributed by atoms with Crippen LogP contribution in [0.2, 0.25) is 0 Å². The minimum atomic E-state index is 0. The molecule has 0 unspecified atom stereocenters. The number of hydrogen-bond donors (Lipinski definition) is 0. The molecule has 0 aliphatic carbocycles. The Morgan fingerprint density at radius 3 is 0.900 bits per heavy atom. The second-order valence-corrected chi connectivity index (χ2v) is 1.15. The van der Waals surface area contributed by atoms with Crippen LogP contribution in [0.5, 0.6) is 0 Å². The monoisotopic (exact) mass is 386 g/mol. The maximum absolute atomic E-state index is 4.25. The van der Waals surface area contributed by atoms with Crippen molar-refractivity contribution in [2.24, 2.45) is 0 Å². The summed E-state index contributed by atoms with van der Waals surface area (Å²) in [6.45, 7) is 15.0. The fraction of sp³-hybridized carbons (Fsp3) is 0.500. The Hall–Kier alpha value is 1.53. The van der Waals surface area contributed by atoms with Gasteiger partial charge in [0.05, 0.1) is 0 Å². The van der Waals surface area contributed by atoms with Crippen molar-refractivity contribution in [2.45, 2.75) is 27.7 Å². The number of hydrogen-bond acceptors (Lipinski definition) is 0. The van der Waals surface area contributed by atoms with Crippen molar-refractivity contribution in [2.75, 3.05) is 0 Å². The van der Waals surface area contributed by atoms with Crippen LogP contribution >= 0.6 is 0 Å². The third kappa shape index (κ3) is 296. The van der Waals surface area contributed by atoms with E-state index in [4.69, 9.17) is 0 Å². The molecule has 0 aliphatic heterocycles. The van der Waals surface area contributed by atoms with Gasteiger partial charge in [0.15, 0.2) is 0 Å². The molecule has 0 aromatic carbocycles. The topological polar surface area (TPSA) is 0 Å². The molecule has 0 saturated carbocycles. The van der Waals surface area contributed by atoms with E-state index in [1.54, 1.807) is 0 Å². The van der Waals surface area contributed by atoms with E-state index < -0.39 is 0 Å². The molecule has 2 heteroatoms. The Balaban J connectivity index is -0.0000000116. The Labute approximate surface area is 106 Å². The van der Waals surface area contributed by atoms with Crippen LogP contribution in [0.3, 0.4) is 0 Å². The first-order valence-corrected chi connectivity index (χ1v) is 2.72. The molecular formula is C8H17WY-3. The minimum absolute atomic E-state index is 0. The summed E-state index contributed by atoms with van der Waals surface area (Å²) in [5, 5.41) is 0. The first-order chi connectivity index (χ1) is 3.83. The molecule has 0 aromatic heterocycles. The summed E-state index contributed by atoms with van der Waals surface area (Å²) in [4.78, 5) is 0. The van der Waals surface area contributed by atoms with Crippen molar-refractivity contribution < 1.29 is 53.8 Å². The molecule has 0 bridgehead atoms. The van der Waals surface area contributed by atoms with E-state index in [-0.39, 0.29) is 53.8 Å². The van der Waals surface area contributed by atoms with Crippen LogP contribution in [0.1, 0.15) is 27.7 Å². The Morgan fingerprint density at radius 1 is 0.900 bits per heavy atom. The maximum Gasteiger partial charge on any atom is 0 e. The van der Waals surface area contributed by atoms with Crippen LogP contribution in [-0.4, -0.2) is 0 Å². The fourth-order valence-electron chi connectivity index (χ4n) is 0. The van der Waals surface area contributed by atoms with Gasteiger partial charge < -0.3 is 19.4 Å². The molecule has 0 aliphatic rings. The molecule has 61 valence electrons. The summed E-state index contributed by atoms with van der Waals surface area (Å²) in [5.41, 5.74) is 0. The van der Waals surface area contributed by atoms with Gasteiger partial charge in [0.1, 0.15) is 0 Å². The zero-order chi connectivity index (χ0) is 7.41. The van der Waals surface area contributed by atoms with Crippen molar-refractivity contribution in [3.8, 4) is 0 Å². The summed E-state index contributed by atoms with van der Waals surface area (Å²) < 4.78 is 0. The third-order valence-electron chi connectivity index (χ3n) is 0. The molecule has 0 fully saturated rings. The van der Waals surface area contributed by atoms with Gasteiger partial charge in [-0.05, 0) is 0 Å². The minimum Gasteiger partial charge on any atom is -0.521 e. The summed E-state index contributed by atoms with van der Waals surface area (Å²) in [5.74, 6) is 0. The van der Waals surface area contributed by atoms with Crippen molar-refractivity contribution in [3.05, 3.63) is 26.0 Å². The molecule has 0 spiro atoms. The second-order valence-electron chi connectivity index (χ2n) is 1.15. The largest absolute Gasteiger partial charge is 0.521 e. The normalized spacial score (nSPS) is 4.00. The quantitative estimate of drug-likeness (QED) is 0.562. The molecule has 0 heterocycles. The summed E-state index contributed by atoms with van der Waals surface area (Å²) in [6, 6.07) is 0. The summed E-state index contributed by atoms with van der Waals surface area (Å²) >= 11 is 0. The Kier molecular flexibility index (Phi) is 230. The standard InChI is InChI=1S/2C3H7.C2H3.W.Y/c2*1-3-2;1-2;;/h2*3H,1-2H3;1H,2H2;;/q3*-1;;. The average molecular weight is 386 g/mol. The Morgan fingerprint density at radius 2 is 0.900 bits per heavy atom. The molecule has 0 N–H and O–H groups in total. The van der Waals surface area contributed by atoms with Crippen molar-refractivity contribution in [1.82, 2.24) is 0 Å².